The van der Waals surface area contributed by atoms with Crippen LogP contribution in [0.4, 0.5) is 17.1 Å². The second-order valence-corrected chi connectivity index (χ2v) is 12.0. The number of nitrogens with one attached hydrogen (secondary N) is 5. The van der Waals surface area contributed by atoms with Gasteiger partial charge in [0.25, 0.3) is 17.7 Å². The molecule has 10 nitrogen and oxygen atoms in total. The predicted octanol–water partition coefficient (Wildman–Crippen LogP) is 6.12. The third-order valence-corrected chi connectivity index (χ3v) is 7.86. The number of carbonyl (C=O) groups excluding carboxylic acids is 3. The Morgan fingerprint density at radius 2 is 1.22 bits per heavy atom. The molecule has 2 aromatic heterocycles. The average Bonchev–Trinajstić information content (AvgIpc) is 3.67. The smallest absolute Gasteiger partial charge is 0.272 e. The fourth-order valence-electron chi connectivity index (χ4n) is 5.16. The maximum atomic E-state index is 13.1. The molecular weight excluding hydrogens is 625 g/mol. The van der Waals surface area contributed by atoms with E-state index >= 15 is 0 Å². The number of rotatable bonds is 14. The summed E-state index contributed by atoms with van der Waals surface area (Å²) in [5, 5.41) is 10.4. The Bertz CT molecular complexity index is 1830. The Balaban J connectivity index is 1.21. The molecule has 12 heteroatoms. The summed E-state index contributed by atoms with van der Waals surface area (Å²) in [4.78, 5) is 49.1. The lowest BCUT2D eigenvalue weighted by atomic mass is 10.1. The second-order valence-electron chi connectivity index (χ2n) is 11.2. The minimum atomic E-state index is -0.312. The molecule has 0 aliphatic carbocycles. The lowest BCUT2D eigenvalue weighted by molar-refractivity contribution is 0.0946. The highest BCUT2D eigenvalue weighted by Crippen LogP contribution is 2.24. The number of anilines is 3. The van der Waals surface area contributed by atoms with Gasteiger partial charge in [0.2, 0.25) is 0 Å². The number of benzene rings is 3. The van der Waals surface area contributed by atoms with Gasteiger partial charge in [-0.3, -0.25) is 14.4 Å². The molecule has 46 heavy (non-hydrogen) atoms. The van der Waals surface area contributed by atoms with Gasteiger partial charge in [-0.25, -0.2) is 0 Å². The van der Waals surface area contributed by atoms with Crippen LogP contribution in [0.25, 0.3) is 21.8 Å². The minimum absolute atomic E-state index is 0.167. The summed E-state index contributed by atoms with van der Waals surface area (Å²) in [5.41, 5.74) is 5.07. The van der Waals surface area contributed by atoms with Gasteiger partial charge in [-0.2, -0.15) is 0 Å². The normalized spacial score (nSPS) is 11.2. The molecule has 0 atom stereocenters. The number of alkyl halides is 2. The second kappa shape index (κ2) is 15.2. The number of fused-ring (bicyclic) bond motifs is 2. The van der Waals surface area contributed by atoms with Crippen molar-refractivity contribution in [1.29, 1.82) is 0 Å². The van der Waals surface area contributed by atoms with Crippen molar-refractivity contribution in [3.05, 3.63) is 89.7 Å². The number of nitrogens with zero attached hydrogens (tertiary/aromatic N) is 2. The fraction of sp³-hybridized carbons (Fsp3) is 0.265. The highest BCUT2D eigenvalue weighted by atomic mass is 35.5. The van der Waals surface area contributed by atoms with Gasteiger partial charge in [0, 0.05) is 75.8 Å². The van der Waals surface area contributed by atoms with E-state index in [1.54, 1.807) is 36.4 Å². The topological polar surface area (TPSA) is 125 Å². The number of H-pyrrole nitrogens is 2. The molecule has 0 aliphatic heterocycles. The van der Waals surface area contributed by atoms with Crippen molar-refractivity contribution in [3.8, 4) is 0 Å². The molecule has 0 spiro atoms. The number of carbonyl (C=O) groups is 3. The number of aromatic amines is 2. The number of hydrogen-bond acceptors (Lipinski definition) is 5. The Labute approximate surface area is 277 Å². The van der Waals surface area contributed by atoms with Crippen LogP contribution >= 0.6 is 23.2 Å². The maximum absolute atomic E-state index is 13.1. The van der Waals surface area contributed by atoms with Crippen molar-refractivity contribution < 1.29 is 14.4 Å². The summed E-state index contributed by atoms with van der Waals surface area (Å²) in [6, 6.07) is 21.7. The van der Waals surface area contributed by atoms with Crippen LogP contribution in [0, 0.1) is 0 Å². The molecule has 5 aromatic rings. The third-order valence-electron chi connectivity index (χ3n) is 7.52. The molecule has 2 heterocycles. The third kappa shape index (κ3) is 8.20. The van der Waals surface area contributed by atoms with Crippen LogP contribution in [0.3, 0.4) is 0 Å². The van der Waals surface area contributed by atoms with E-state index in [-0.39, 0.29) is 17.7 Å². The molecule has 0 saturated heterocycles. The van der Waals surface area contributed by atoms with Crippen molar-refractivity contribution in [3.63, 3.8) is 0 Å². The van der Waals surface area contributed by atoms with E-state index in [0.717, 1.165) is 40.5 Å². The molecular formula is C34H37Cl2N7O3. The van der Waals surface area contributed by atoms with Gasteiger partial charge in [0.15, 0.2) is 0 Å². The number of aromatic nitrogens is 2. The molecule has 3 amide bonds. The molecule has 5 N–H and O–H groups in total. The van der Waals surface area contributed by atoms with Crippen molar-refractivity contribution in [2.24, 2.45) is 0 Å². The average molecular weight is 663 g/mol. The van der Waals surface area contributed by atoms with Gasteiger partial charge >= 0.3 is 0 Å². The fourth-order valence-corrected chi connectivity index (χ4v) is 5.57. The molecule has 0 unspecified atom stereocenters. The van der Waals surface area contributed by atoms with Crippen LogP contribution in [-0.2, 0) is 0 Å². The summed E-state index contributed by atoms with van der Waals surface area (Å²) in [6.45, 7) is 2.81. The molecule has 0 saturated carbocycles. The van der Waals surface area contributed by atoms with E-state index in [0.29, 0.717) is 59.7 Å². The molecule has 0 aliphatic rings. The van der Waals surface area contributed by atoms with E-state index in [2.05, 4.69) is 35.7 Å². The zero-order chi connectivity index (χ0) is 32.6. The Morgan fingerprint density at radius 1 is 0.674 bits per heavy atom. The summed E-state index contributed by atoms with van der Waals surface area (Å²) in [7, 11) is 3.99. The standard InChI is InChI=1S/C34H37Cl2N7O3/c1-42(2)15-3-14-37-33(45)30-20-23-19-26(7-11-28(23)40-30)39-34(46)31-21-24-18-25(6-10-29(24)41-31)38-32(44)22-4-8-27(9-5-22)43(16-12-35)17-13-36/h4-11,18-21,40-41H,3,12-17H2,1-2H3,(H,37,45)(H,38,44)(H,39,46). The highest BCUT2D eigenvalue weighted by Gasteiger charge is 2.14. The SMILES string of the molecule is CN(C)CCCNC(=O)c1cc2cc(NC(=O)c3cc4cc(NC(=O)c5ccc(N(CCCl)CCCl)cc5)ccc4[nH]3)ccc2[nH]1. The van der Waals surface area contributed by atoms with Crippen LogP contribution in [-0.4, -0.2) is 84.6 Å². The Hall–Kier alpha value is -4.51. The van der Waals surface area contributed by atoms with Crippen LogP contribution < -0.4 is 20.9 Å². The number of hydrogen-bond donors (Lipinski definition) is 5. The Morgan fingerprint density at radius 3 is 1.76 bits per heavy atom. The van der Waals surface area contributed by atoms with E-state index in [4.69, 9.17) is 23.2 Å². The molecule has 3 aromatic carbocycles. The van der Waals surface area contributed by atoms with Crippen molar-refractivity contribution in [2.75, 3.05) is 67.6 Å². The lowest BCUT2D eigenvalue weighted by Crippen LogP contribution is -2.27. The monoisotopic (exact) mass is 661 g/mol. The van der Waals surface area contributed by atoms with E-state index in [1.807, 2.05) is 50.5 Å². The van der Waals surface area contributed by atoms with Gasteiger partial charge in [-0.05, 0) is 99.9 Å². The van der Waals surface area contributed by atoms with Crippen molar-refractivity contribution >= 4 is 79.8 Å². The molecule has 0 radical (unpaired) electrons. The lowest BCUT2D eigenvalue weighted by Gasteiger charge is -2.22. The van der Waals surface area contributed by atoms with E-state index in [1.165, 1.54) is 0 Å². The van der Waals surface area contributed by atoms with Crippen LogP contribution in [0.5, 0.6) is 0 Å². The van der Waals surface area contributed by atoms with Gasteiger partial charge < -0.3 is 35.7 Å². The summed E-state index contributed by atoms with van der Waals surface area (Å²) < 4.78 is 0. The summed E-state index contributed by atoms with van der Waals surface area (Å²) in [5.74, 6) is 0.236. The van der Waals surface area contributed by atoms with Crippen LogP contribution in [0.1, 0.15) is 37.8 Å². The largest absolute Gasteiger partial charge is 0.369 e. The minimum Gasteiger partial charge on any atom is -0.369 e. The number of halogens is 2. The van der Waals surface area contributed by atoms with Gasteiger partial charge in [0.05, 0.1) is 0 Å². The van der Waals surface area contributed by atoms with Crippen LogP contribution in [0.15, 0.2) is 72.8 Å². The molecule has 0 fully saturated rings. The van der Waals surface area contributed by atoms with Crippen molar-refractivity contribution in [1.82, 2.24) is 20.2 Å². The predicted molar refractivity (Wildman–Crippen MR) is 188 cm³/mol. The zero-order valence-electron chi connectivity index (χ0n) is 25.8. The first-order valence-electron chi connectivity index (χ1n) is 15.0. The first-order chi connectivity index (χ1) is 22.2. The van der Waals surface area contributed by atoms with E-state index < -0.39 is 0 Å². The zero-order valence-corrected chi connectivity index (χ0v) is 27.3. The van der Waals surface area contributed by atoms with Gasteiger partial charge in [0.1, 0.15) is 11.4 Å². The van der Waals surface area contributed by atoms with E-state index in [9.17, 15) is 14.4 Å². The quantitative estimate of drug-likeness (QED) is 0.0724. The summed E-state index contributed by atoms with van der Waals surface area (Å²) >= 11 is 11.8. The van der Waals surface area contributed by atoms with Gasteiger partial charge in [-0.1, -0.05) is 0 Å². The summed E-state index contributed by atoms with van der Waals surface area (Å²) in [6.07, 6.45) is 0.860. The first kappa shape index (κ1) is 32.9. The maximum Gasteiger partial charge on any atom is 0.272 e. The molecule has 240 valence electrons. The number of amides is 3. The molecule has 5 rings (SSSR count). The van der Waals surface area contributed by atoms with Gasteiger partial charge in [-0.15, -0.1) is 23.2 Å². The Kier molecular flexibility index (Phi) is 10.8. The molecule has 0 bridgehead atoms. The van der Waals surface area contributed by atoms with Crippen LogP contribution in [0.2, 0.25) is 0 Å². The highest BCUT2D eigenvalue weighted by molar-refractivity contribution is 6.18. The van der Waals surface area contributed by atoms with Crippen molar-refractivity contribution in [2.45, 2.75) is 6.42 Å². The first-order valence-corrected chi connectivity index (χ1v) is 16.1.